The Labute approximate surface area is 53.0 Å². The van der Waals surface area contributed by atoms with Crippen molar-refractivity contribution in [2.24, 2.45) is 0 Å². The van der Waals surface area contributed by atoms with E-state index in [1.165, 1.54) is 0 Å². The summed E-state index contributed by atoms with van der Waals surface area (Å²) in [7, 11) is 1.92. The van der Waals surface area contributed by atoms with Crippen LogP contribution < -0.4 is 0 Å². The molecule has 0 aromatic carbocycles. The van der Waals surface area contributed by atoms with E-state index >= 15 is 0 Å². The van der Waals surface area contributed by atoms with Crippen LogP contribution in [-0.2, 0) is 4.74 Å². The molecule has 0 atom stereocenters. The Morgan fingerprint density at radius 3 is 2.67 bits per heavy atom. The van der Waals surface area contributed by atoms with E-state index in [1.807, 2.05) is 11.9 Å². The summed E-state index contributed by atoms with van der Waals surface area (Å²) in [5, 5.41) is 8.09. The van der Waals surface area contributed by atoms with Crippen LogP contribution in [0.1, 0.15) is 0 Å². The van der Waals surface area contributed by atoms with E-state index in [-0.39, 0.29) is 6.10 Å². The third-order valence-corrected chi connectivity index (χ3v) is 1.30. The molecule has 1 saturated heterocycles. The van der Waals surface area contributed by atoms with Crippen LogP contribution in [0.5, 0.6) is 0 Å². The third kappa shape index (κ3) is 1.57. The summed E-state index contributed by atoms with van der Waals surface area (Å²) in [6.07, 6.45) is -1.26. The fourth-order valence-corrected chi connectivity index (χ4v) is 0.859. The number of hydrogen-bond donors (Lipinski definition) is 1. The minimum absolute atomic E-state index is 0.0903. The molecule has 0 amide bonds. The lowest BCUT2D eigenvalue weighted by Crippen LogP contribution is -2.50. The highest BCUT2D eigenvalue weighted by Gasteiger charge is 2.26. The second-order valence-corrected chi connectivity index (χ2v) is 2.23. The summed E-state index contributed by atoms with van der Waals surface area (Å²) in [6, 6.07) is 0. The molecule has 0 radical (unpaired) electrons. The number of carboxylic acid groups (broad SMARTS) is 1. The molecule has 9 heavy (non-hydrogen) atoms. The van der Waals surface area contributed by atoms with Crippen LogP contribution in [0.3, 0.4) is 0 Å². The van der Waals surface area contributed by atoms with Crippen molar-refractivity contribution in [1.82, 2.24) is 4.90 Å². The molecule has 0 bridgehead atoms. The van der Waals surface area contributed by atoms with Crippen molar-refractivity contribution in [3.05, 3.63) is 0 Å². The van der Waals surface area contributed by atoms with Crippen molar-refractivity contribution in [1.29, 1.82) is 0 Å². The molecule has 1 aliphatic heterocycles. The van der Waals surface area contributed by atoms with E-state index in [1.54, 1.807) is 0 Å². The first-order chi connectivity index (χ1) is 4.18. The van der Waals surface area contributed by atoms with Crippen LogP contribution in [-0.4, -0.2) is 42.4 Å². The molecule has 0 saturated carbocycles. The van der Waals surface area contributed by atoms with Gasteiger partial charge in [0, 0.05) is 13.1 Å². The summed E-state index contributed by atoms with van der Waals surface area (Å²) in [4.78, 5) is 11.9. The molecule has 1 N–H and O–H groups in total. The topological polar surface area (TPSA) is 49.8 Å². The van der Waals surface area contributed by atoms with Gasteiger partial charge in [-0.1, -0.05) is 0 Å². The van der Waals surface area contributed by atoms with Crippen molar-refractivity contribution in [2.45, 2.75) is 6.10 Å². The Morgan fingerprint density at radius 1 is 1.78 bits per heavy atom. The van der Waals surface area contributed by atoms with Crippen molar-refractivity contribution in [2.75, 3.05) is 20.1 Å². The Balaban J connectivity index is 2.11. The number of ether oxygens (including phenoxy) is 1. The molecule has 1 fully saturated rings. The number of nitrogens with zero attached hydrogens (tertiary/aromatic N) is 1. The van der Waals surface area contributed by atoms with Gasteiger partial charge in [0.15, 0.2) is 0 Å². The Morgan fingerprint density at radius 2 is 2.33 bits per heavy atom. The van der Waals surface area contributed by atoms with Crippen LogP contribution in [0.15, 0.2) is 0 Å². The highest BCUT2D eigenvalue weighted by Crippen LogP contribution is 2.07. The minimum atomic E-state index is -1.17. The van der Waals surface area contributed by atoms with E-state index in [0.29, 0.717) is 0 Å². The normalized spacial score (nSPS) is 21.0. The van der Waals surface area contributed by atoms with E-state index in [2.05, 4.69) is 4.74 Å². The standard InChI is InChI=1S/C5H9NO3/c1-6-2-4(3-6)9-5(7)8/h4H,2-3H2,1H3,(H,7,8). The van der Waals surface area contributed by atoms with Crippen LogP contribution >= 0.6 is 0 Å². The summed E-state index contributed by atoms with van der Waals surface area (Å²) in [6.45, 7) is 1.46. The summed E-state index contributed by atoms with van der Waals surface area (Å²) in [5.41, 5.74) is 0. The SMILES string of the molecule is CN1CC(OC(=O)O)C1. The molecule has 1 heterocycles. The van der Waals surface area contributed by atoms with Crippen molar-refractivity contribution in [3.63, 3.8) is 0 Å². The first-order valence-corrected chi connectivity index (χ1v) is 2.76. The molecule has 1 aliphatic rings. The Bertz CT molecular complexity index is 119. The molecular weight excluding hydrogens is 122 g/mol. The molecule has 0 aromatic heterocycles. The van der Waals surface area contributed by atoms with Gasteiger partial charge in [0.1, 0.15) is 6.10 Å². The molecule has 4 heteroatoms. The number of hydrogen-bond acceptors (Lipinski definition) is 3. The highest BCUT2D eigenvalue weighted by molar-refractivity contribution is 5.57. The van der Waals surface area contributed by atoms with Gasteiger partial charge >= 0.3 is 6.16 Å². The second kappa shape index (κ2) is 2.23. The predicted molar refractivity (Wildman–Crippen MR) is 30.4 cm³/mol. The van der Waals surface area contributed by atoms with Gasteiger partial charge in [0.25, 0.3) is 0 Å². The van der Waals surface area contributed by atoms with Crippen LogP contribution in [0.4, 0.5) is 4.79 Å². The van der Waals surface area contributed by atoms with Gasteiger partial charge < -0.3 is 9.84 Å². The largest absolute Gasteiger partial charge is 0.506 e. The summed E-state index contributed by atoms with van der Waals surface area (Å²) >= 11 is 0. The molecule has 0 unspecified atom stereocenters. The van der Waals surface area contributed by atoms with Crippen molar-refractivity contribution >= 4 is 6.16 Å². The lowest BCUT2D eigenvalue weighted by molar-refractivity contribution is -0.0219. The van der Waals surface area contributed by atoms with Gasteiger partial charge in [-0.15, -0.1) is 0 Å². The Kier molecular flexibility index (Phi) is 1.57. The van der Waals surface area contributed by atoms with E-state index in [4.69, 9.17) is 5.11 Å². The van der Waals surface area contributed by atoms with Gasteiger partial charge in [-0.05, 0) is 7.05 Å². The first-order valence-electron chi connectivity index (χ1n) is 2.76. The average molecular weight is 131 g/mol. The van der Waals surface area contributed by atoms with Gasteiger partial charge in [0.05, 0.1) is 0 Å². The zero-order chi connectivity index (χ0) is 6.85. The van der Waals surface area contributed by atoms with E-state index in [0.717, 1.165) is 13.1 Å². The molecule has 1 rings (SSSR count). The van der Waals surface area contributed by atoms with Gasteiger partial charge in [0.2, 0.25) is 0 Å². The molecular formula is C5H9NO3. The maximum absolute atomic E-state index is 9.87. The third-order valence-electron chi connectivity index (χ3n) is 1.30. The van der Waals surface area contributed by atoms with E-state index in [9.17, 15) is 4.79 Å². The maximum Gasteiger partial charge on any atom is 0.506 e. The number of likely N-dealkylation sites (tertiary alicyclic amines) is 1. The summed E-state index contributed by atoms with van der Waals surface area (Å²) in [5.74, 6) is 0. The number of likely N-dealkylation sites (N-methyl/N-ethyl adjacent to an activating group) is 1. The first kappa shape index (κ1) is 6.35. The van der Waals surface area contributed by atoms with Crippen molar-refractivity contribution in [3.8, 4) is 0 Å². The average Bonchev–Trinajstić information content (AvgIpc) is 1.60. The Hall–Kier alpha value is -0.770. The second-order valence-electron chi connectivity index (χ2n) is 2.23. The van der Waals surface area contributed by atoms with Crippen LogP contribution in [0.2, 0.25) is 0 Å². The maximum atomic E-state index is 9.87. The molecule has 0 aliphatic carbocycles. The van der Waals surface area contributed by atoms with Gasteiger partial charge in [-0.3, -0.25) is 4.90 Å². The molecule has 52 valence electrons. The monoisotopic (exact) mass is 131 g/mol. The summed E-state index contributed by atoms with van der Waals surface area (Å²) < 4.78 is 4.43. The molecule has 0 aromatic rings. The smallest absolute Gasteiger partial charge is 0.450 e. The van der Waals surface area contributed by atoms with Crippen LogP contribution in [0, 0.1) is 0 Å². The molecule has 4 nitrogen and oxygen atoms in total. The lowest BCUT2D eigenvalue weighted by Gasteiger charge is -2.34. The van der Waals surface area contributed by atoms with Gasteiger partial charge in [-0.2, -0.15) is 0 Å². The fraction of sp³-hybridized carbons (Fsp3) is 0.800. The predicted octanol–water partition coefficient (Wildman–Crippen LogP) is -0.00500. The quantitative estimate of drug-likeness (QED) is 0.509. The molecule has 0 spiro atoms. The zero-order valence-electron chi connectivity index (χ0n) is 5.20. The minimum Gasteiger partial charge on any atom is -0.450 e. The number of rotatable bonds is 1. The highest BCUT2D eigenvalue weighted by atomic mass is 16.7. The van der Waals surface area contributed by atoms with Crippen LogP contribution in [0.25, 0.3) is 0 Å². The fourth-order valence-electron chi connectivity index (χ4n) is 0.859. The number of carbonyl (C=O) groups is 1. The van der Waals surface area contributed by atoms with Crippen molar-refractivity contribution < 1.29 is 14.6 Å². The lowest BCUT2D eigenvalue weighted by atomic mass is 10.2. The zero-order valence-corrected chi connectivity index (χ0v) is 5.20. The van der Waals surface area contributed by atoms with Gasteiger partial charge in [-0.25, -0.2) is 4.79 Å². The van der Waals surface area contributed by atoms with E-state index < -0.39 is 6.16 Å².